The third-order valence-corrected chi connectivity index (χ3v) is 4.57. The minimum absolute atomic E-state index is 0.0449. The first-order valence-electron chi connectivity index (χ1n) is 9.14. The van der Waals surface area contributed by atoms with Gasteiger partial charge < -0.3 is 10.1 Å². The van der Waals surface area contributed by atoms with Gasteiger partial charge in [-0.3, -0.25) is 14.3 Å². The monoisotopic (exact) mass is 424 g/mol. The second-order valence-electron chi connectivity index (χ2n) is 6.51. The summed E-state index contributed by atoms with van der Waals surface area (Å²) in [4.78, 5) is 25.5. The van der Waals surface area contributed by atoms with Crippen molar-refractivity contribution in [3.05, 3.63) is 81.8 Å². The van der Waals surface area contributed by atoms with Crippen LogP contribution in [0.4, 0.5) is 14.5 Å². The summed E-state index contributed by atoms with van der Waals surface area (Å²) in [5.41, 5.74) is 0.925. The SMILES string of the molecule is Cc1c(NC(=O)/C(C#N)=C/c2ccc(OC(F)F)cc2)c(=O)n(-c2ccccc2)n1C. The summed E-state index contributed by atoms with van der Waals surface area (Å²) < 4.78 is 31.8. The van der Waals surface area contributed by atoms with Gasteiger partial charge in [-0.1, -0.05) is 30.3 Å². The standard InChI is InChI=1S/C22H18F2N4O3/c1-14-19(21(30)28(27(14)2)17-6-4-3-5-7-17)26-20(29)16(13-25)12-15-8-10-18(11-9-15)31-22(23)24/h3-12,22H,1-2H3,(H,26,29)/b16-12+. The van der Waals surface area contributed by atoms with Gasteiger partial charge in [0.15, 0.2) is 0 Å². The third-order valence-electron chi connectivity index (χ3n) is 4.57. The van der Waals surface area contributed by atoms with Gasteiger partial charge in [-0.15, -0.1) is 0 Å². The van der Waals surface area contributed by atoms with Gasteiger partial charge in [0.05, 0.1) is 11.4 Å². The number of nitrogens with zero attached hydrogens (tertiary/aromatic N) is 3. The molecule has 1 heterocycles. The van der Waals surface area contributed by atoms with Crippen LogP contribution in [-0.2, 0) is 11.8 Å². The van der Waals surface area contributed by atoms with E-state index in [-0.39, 0.29) is 17.0 Å². The maximum Gasteiger partial charge on any atom is 0.387 e. The van der Waals surface area contributed by atoms with Crippen molar-refractivity contribution in [2.24, 2.45) is 7.05 Å². The second kappa shape index (κ2) is 9.09. The molecule has 0 radical (unpaired) electrons. The predicted molar refractivity (Wildman–Crippen MR) is 111 cm³/mol. The van der Waals surface area contributed by atoms with E-state index >= 15 is 0 Å². The summed E-state index contributed by atoms with van der Waals surface area (Å²) in [5.74, 6) is -0.807. The lowest BCUT2D eigenvalue weighted by Gasteiger charge is -2.07. The van der Waals surface area contributed by atoms with Crippen molar-refractivity contribution in [2.75, 3.05) is 5.32 Å². The van der Waals surface area contributed by atoms with Crippen molar-refractivity contribution < 1.29 is 18.3 Å². The average Bonchev–Trinajstić information content (AvgIpc) is 2.96. The molecule has 0 atom stereocenters. The number of para-hydroxylation sites is 1. The van der Waals surface area contributed by atoms with Crippen molar-refractivity contribution >= 4 is 17.7 Å². The van der Waals surface area contributed by atoms with Crippen LogP contribution in [0.2, 0.25) is 0 Å². The summed E-state index contributed by atoms with van der Waals surface area (Å²) in [7, 11) is 1.68. The quantitative estimate of drug-likeness (QED) is 0.483. The van der Waals surface area contributed by atoms with Gasteiger partial charge in [0.2, 0.25) is 0 Å². The number of benzene rings is 2. The molecule has 2 aromatic carbocycles. The maximum absolute atomic E-state index is 12.9. The molecular formula is C22H18F2N4O3. The molecule has 0 spiro atoms. The summed E-state index contributed by atoms with van der Waals surface area (Å²) in [6.07, 6.45) is 1.29. The molecule has 0 aliphatic heterocycles. The number of hydrogen-bond acceptors (Lipinski definition) is 4. The molecule has 3 rings (SSSR count). The van der Waals surface area contributed by atoms with Gasteiger partial charge in [-0.2, -0.15) is 14.0 Å². The number of rotatable bonds is 6. The molecule has 1 N–H and O–H groups in total. The van der Waals surface area contributed by atoms with E-state index in [0.717, 1.165) is 0 Å². The molecule has 0 bridgehead atoms. The first-order chi connectivity index (χ1) is 14.8. The van der Waals surface area contributed by atoms with Crippen molar-refractivity contribution in [1.29, 1.82) is 5.26 Å². The van der Waals surface area contributed by atoms with Gasteiger partial charge in [0.25, 0.3) is 11.5 Å². The van der Waals surface area contributed by atoms with E-state index < -0.39 is 18.1 Å². The Morgan fingerprint density at radius 2 is 1.81 bits per heavy atom. The Balaban J connectivity index is 1.87. The van der Waals surface area contributed by atoms with Crippen LogP contribution in [0.5, 0.6) is 5.75 Å². The summed E-state index contributed by atoms with van der Waals surface area (Å²) >= 11 is 0. The molecule has 0 saturated heterocycles. The molecule has 0 aliphatic carbocycles. The van der Waals surface area contributed by atoms with Crippen LogP contribution in [0.3, 0.4) is 0 Å². The van der Waals surface area contributed by atoms with E-state index in [2.05, 4.69) is 10.1 Å². The first kappa shape index (κ1) is 21.5. The minimum Gasteiger partial charge on any atom is -0.435 e. The summed E-state index contributed by atoms with van der Waals surface area (Å²) in [6.45, 7) is -1.27. The Morgan fingerprint density at radius 3 is 2.39 bits per heavy atom. The number of nitriles is 1. The highest BCUT2D eigenvalue weighted by molar-refractivity contribution is 6.09. The Morgan fingerprint density at radius 1 is 1.16 bits per heavy atom. The zero-order chi connectivity index (χ0) is 22.5. The van der Waals surface area contributed by atoms with Crippen LogP contribution in [-0.4, -0.2) is 21.9 Å². The summed E-state index contributed by atoms with van der Waals surface area (Å²) in [6, 6.07) is 16.2. The number of ether oxygens (including phenoxy) is 1. The topological polar surface area (TPSA) is 89.1 Å². The molecule has 1 aromatic heterocycles. The number of carbonyl (C=O) groups excluding carboxylic acids is 1. The molecule has 3 aromatic rings. The Hall–Kier alpha value is -4.19. The van der Waals surface area contributed by atoms with E-state index in [0.29, 0.717) is 16.9 Å². The predicted octanol–water partition coefficient (Wildman–Crippen LogP) is 3.63. The second-order valence-corrected chi connectivity index (χ2v) is 6.51. The Bertz CT molecular complexity index is 1220. The first-order valence-corrected chi connectivity index (χ1v) is 9.14. The molecule has 158 valence electrons. The number of halogens is 2. The highest BCUT2D eigenvalue weighted by atomic mass is 19.3. The van der Waals surface area contributed by atoms with Crippen LogP contribution in [0.25, 0.3) is 11.8 Å². The molecule has 31 heavy (non-hydrogen) atoms. The highest BCUT2D eigenvalue weighted by Crippen LogP contribution is 2.18. The molecular weight excluding hydrogens is 406 g/mol. The van der Waals surface area contributed by atoms with E-state index in [9.17, 15) is 23.6 Å². The van der Waals surface area contributed by atoms with Crippen LogP contribution in [0, 0.1) is 18.3 Å². The molecule has 0 unspecified atom stereocenters. The fourth-order valence-electron chi connectivity index (χ4n) is 2.95. The zero-order valence-electron chi connectivity index (χ0n) is 16.7. The van der Waals surface area contributed by atoms with Crippen LogP contribution >= 0.6 is 0 Å². The van der Waals surface area contributed by atoms with Crippen LogP contribution in [0.15, 0.2) is 65.0 Å². The smallest absolute Gasteiger partial charge is 0.387 e. The van der Waals surface area contributed by atoms with Gasteiger partial charge in [0.1, 0.15) is 23.1 Å². The van der Waals surface area contributed by atoms with Crippen molar-refractivity contribution in [1.82, 2.24) is 9.36 Å². The number of nitrogens with one attached hydrogen (secondary N) is 1. The lowest BCUT2D eigenvalue weighted by atomic mass is 10.1. The molecule has 9 heteroatoms. The zero-order valence-corrected chi connectivity index (χ0v) is 16.7. The highest BCUT2D eigenvalue weighted by Gasteiger charge is 2.20. The van der Waals surface area contributed by atoms with Crippen molar-refractivity contribution in [3.8, 4) is 17.5 Å². The van der Waals surface area contributed by atoms with Crippen molar-refractivity contribution in [3.63, 3.8) is 0 Å². The lowest BCUT2D eigenvalue weighted by molar-refractivity contribution is -0.112. The number of carbonyl (C=O) groups is 1. The van der Waals surface area contributed by atoms with Gasteiger partial charge in [-0.05, 0) is 42.8 Å². The van der Waals surface area contributed by atoms with E-state index in [1.807, 2.05) is 6.07 Å². The fourth-order valence-corrected chi connectivity index (χ4v) is 2.95. The minimum atomic E-state index is -2.95. The molecule has 1 amide bonds. The fraction of sp³-hybridized carbons (Fsp3) is 0.136. The lowest BCUT2D eigenvalue weighted by Crippen LogP contribution is -2.23. The van der Waals surface area contributed by atoms with E-state index in [1.165, 1.54) is 35.0 Å². The number of anilines is 1. The third kappa shape index (κ3) is 4.70. The number of amides is 1. The van der Waals surface area contributed by atoms with Gasteiger partial charge >= 0.3 is 6.61 Å². The van der Waals surface area contributed by atoms with Crippen LogP contribution in [0.1, 0.15) is 11.3 Å². The molecule has 0 fully saturated rings. The normalized spacial score (nSPS) is 11.3. The number of aromatic nitrogens is 2. The maximum atomic E-state index is 12.9. The van der Waals surface area contributed by atoms with Gasteiger partial charge in [0, 0.05) is 7.05 Å². The molecule has 7 nitrogen and oxygen atoms in total. The number of alkyl halides is 2. The Labute approximate surface area is 176 Å². The van der Waals surface area contributed by atoms with Gasteiger partial charge in [-0.25, -0.2) is 4.68 Å². The molecule has 0 aliphatic rings. The number of hydrogen-bond donors (Lipinski definition) is 1. The van der Waals surface area contributed by atoms with E-state index in [4.69, 9.17) is 0 Å². The average molecular weight is 424 g/mol. The van der Waals surface area contributed by atoms with Crippen molar-refractivity contribution in [2.45, 2.75) is 13.5 Å². The van der Waals surface area contributed by atoms with E-state index in [1.54, 1.807) is 49.0 Å². The Kier molecular flexibility index (Phi) is 6.31. The summed E-state index contributed by atoms with van der Waals surface area (Å²) in [5, 5.41) is 11.9. The largest absolute Gasteiger partial charge is 0.435 e. The van der Waals surface area contributed by atoms with Crippen LogP contribution < -0.4 is 15.6 Å². The molecule has 0 saturated carbocycles.